The van der Waals surface area contributed by atoms with Gasteiger partial charge in [-0.25, -0.2) is 9.59 Å². The zero-order valence-electron chi connectivity index (χ0n) is 25.4. The standard InChI is InChI=1S/C32H49NO7/c1-8-25(26(30(34)36-9-2)20-23(5)39-28-17-13-14-18-37-28)29-27(19-22(3)4)33(32(6,7)40-29)31(35)38-21-24-15-11-10-12-16-24/h10-12,15-16,22-23,27-29H,8-9,13-14,17-21H2,1-7H3/t23?,27-,28?,29-/m0/s1. The van der Waals surface area contributed by atoms with Crippen molar-refractivity contribution in [3.63, 3.8) is 0 Å². The van der Waals surface area contributed by atoms with Gasteiger partial charge >= 0.3 is 12.1 Å². The van der Waals surface area contributed by atoms with E-state index >= 15 is 0 Å². The quantitative estimate of drug-likeness (QED) is 0.206. The average Bonchev–Trinajstić information content (AvgIpc) is 3.17. The minimum Gasteiger partial charge on any atom is -0.463 e. The van der Waals surface area contributed by atoms with Crippen molar-refractivity contribution in [2.24, 2.45) is 5.92 Å². The van der Waals surface area contributed by atoms with Gasteiger partial charge in [0.05, 0.1) is 18.8 Å². The Labute approximate surface area is 240 Å². The first-order chi connectivity index (χ1) is 19.1. The lowest BCUT2D eigenvalue weighted by Crippen LogP contribution is -2.49. The molecular weight excluding hydrogens is 510 g/mol. The monoisotopic (exact) mass is 559 g/mol. The maximum atomic E-state index is 13.6. The summed E-state index contributed by atoms with van der Waals surface area (Å²) in [4.78, 5) is 28.7. The summed E-state index contributed by atoms with van der Waals surface area (Å²) in [6.07, 6.45) is 3.16. The topological polar surface area (TPSA) is 83.5 Å². The highest BCUT2D eigenvalue weighted by atomic mass is 16.7. The van der Waals surface area contributed by atoms with Crippen molar-refractivity contribution in [1.29, 1.82) is 0 Å². The highest BCUT2D eigenvalue weighted by Crippen LogP contribution is 2.41. The number of ether oxygens (including phenoxy) is 5. The van der Waals surface area contributed by atoms with E-state index in [0.29, 0.717) is 31.4 Å². The second-order valence-electron chi connectivity index (χ2n) is 11.6. The van der Waals surface area contributed by atoms with Crippen LogP contribution in [0, 0.1) is 5.92 Å². The van der Waals surface area contributed by atoms with Gasteiger partial charge in [-0.1, -0.05) is 51.1 Å². The number of rotatable bonds is 12. The number of amides is 1. The molecule has 4 atom stereocenters. The van der Waals surface area contributed by atoms with Crippen molar-refractivity contribution >= 4 is 12.1 Å². The maximum absolute atomic E-state index is 13.6. The first-order valence-electron chi connectivity index (χ1n) is 14.9. The average molecular weight is 560 g/mol. The second-order valence-corrected chi connectivity index (χ2v) is 11.6. The Bertz CT molecular complexity index is 984. The molecule has 8 nitrogen and oxygen atoms in total. The van der Waals surface area contributed by atoms with Gasteiger partial charge in [-0.3, -0.25) is 4.90 Å². The second kappa shape index (κ2) is 15.0. The molecule has 0 spiro atoms. The zero-order chi connectivity index (χ0) is 29.3. The molecule has 1 aromatic carbocycles. The molecule has 0 bridgehead atoms. The van der Waals surface area contributed by atoms with Crippen LogP contribution in [0.15, 0.2) is 41.5 Å². The molecule has 0 aliphatic carbocycles. The van der Waals surface area contributed by atoms with Gasteiger partial charge in [0.2, 0.25) is 0 Å². The van der Waals surface area contributed by atoms with Crippen LogP contribution in [0.3, 0.4) is 0 Å². The van der Waals surface area contributed by atoms with E-state index in [-0.39, 0.29) is 43.5 Å². The summed E-state index contributed by atoms with van der Waals surface area (Å²) >= 11 is 0. The first-order valence-corrected chi connectivity index (χ1v) is 14.9. The highest BCUT2D eigenvalue weighted by Gasteiger charge is 2.52. The third-order valence-electron chi connectivity index (χ3n) is 7.44. The summed E-state index contributed by atoms with van der Waals surface area (Å²) < 4.78 is 29.9. The highest BCUT2D eigenvalue weighted by molar-refractivity contribution is 5.89. The Morgan fingerprint density at radius 3 is 2.40 bits per heavy atom. The van der Waals surface area contributed by atoms with Crippen molar-refractivity contribution < 1.29 is 33.3 Å². The number of hydrogen-bond donors (Lipinski definition) is 0. The molecular formula is C32H49NO7. The van der Waals surface area contributed by atoms with E-state index < -0.39 is 17.9 Å². The van der Waals surface area contributed by atoms with Crippen LogP contribution in [0.5, 0.6) is 0 Å². The molecule has 2 saturated heterocycles. The molecule has 2 unspecified atom stereocenters. The number of carbonyl (C=O) groups is 2. The van der Waals surface area contributed by atoms with E-state index in [1.54, 1.807) is 11.8 Å². The van der Waals surface area contributed by atoms with Gasteiger partial charge in [-0.05, 0) is 76.9 Å². The summed E-state index contributed by atoms with van der Waals surface area (Å²) in [5.41, 5.74) is 1.38. The molecule has 3 rings (SSSR count). The molecule has 2 aliphatic rings. The van der Waals surface area contributed by atoms with Gasteiger partial charge in [0.1, 0.15) is 18.4 Å². The van der Waals surface area contributed by atoms with Gasteiger partial charge < -0.3 is 23.7 Å². The van der Waals surface area contributed by atoms with Crippen LogP contribution in [0.1, 0.15) is 92.6 Å². The molecule has 40 heavy (non-hydrogen) atoms. The van der Waals surface area contributed by atoms with E-state index in [1.165, 1.54) is 0 Å². The molecule has 8 heteroatoms. The summed E-state index contributed by atoms with van der Waals surface area (Å²) in [6, 6.07) is 9.32. The smallest absolute Gasteiger partial charge is 0.412 e. The summed E-state index contributed by atoms with van der Waals surface area (Å²) in [7, 11) is 0. The molecule has 2 fully saturated rings. The minimum absolute atomic E-state index is 0.175. The number of carbonyl (C=O) groups excluding carboxylic acids is 2. The minimum atomic E-state index is -0.934. The fraction of sp³-hybridized carbons (Fsp3) is 0.688. The Morgan fingerprint density at radius 1 is 1.07 bits per heavy atom. The Morgan fingerprint density at radius 2 is 1.80 bits per heavy atom. The predicted molar refractivity (Wildman–Crippen MR) is 153 cm³/mol. The lowest BCUT2D eigenvalue weighted by molar-refractivity contribution is -0.184. The Kier molecular flexibility index (Phi) is 12.0. The molecule has 1 amide bonds. The van der Waals surface area contributed by atoms with Gasteiger partial charge in [0, 0.05) is 18.6 Å². The summed E-state index contributed by atoms with van der Waals surface area (Å²) in [5.74, 6) is -0.0848. The summed E-state index contributed by atoms with van der Waals surface area (Å²) in [6.45, 7) is 14.9. The number of esters is 1. The van der Waals surface area contributed by atoms with Crippen LogP contribution in [-0.2, 0) is 35.1 Å². The Hall–Kier alpha value is -2.42. The van der Waals surface area contributed by atoms with Crippen LogP contribution in [0.2, 0.25) is 0 Å². The number of benzene rings is 1. The third-order valence-corrected chi connectivity index (χ3v) is 7.44. The molecule has 2 aliphatic heterocycles. The fourth-order valence-electron chi connectivity index (χ4n) is 5.70. The van der Waals surface area contributed by atoms with Gasteiger partial charge in [-0.2, -0.15) is 0 Å². The molecule has 2 heterocycles. The Balaban J connectivity index is 1.92. The predicted octanol–water partition coefficient (Wildman–Crippen LogP) is 6.77. The first kappa shape index (κ1) is 32.1. The SMILES string of the molecule is CCOC(=O)C(CC(C)OC1CCCCO1)=C(CC)[C@@H]1OC(C)(C)N(C(=O)OCc2ccccc2)[C@H]1CC(C)C. The maximum Gasteiger partial charge on any atom is 0.412 e. The van der Waals surface area contributed by atoms with Crippen molar-refractivity contribution in [3.05, 3.63) is 47.0 Å². The lowest BCUT2D eigenvalue weighted by Gasteiger charge is -2.33. The third kappa shape index (κ3) is 8.54. The fourth-order valence-corrected chi connectivity index (χ4v) is 5.70. The molecule has 0 radical (unpaired) electrons. The van der Waals surface area contributed by atoms with E-state index in [4.69, 9.17) is 23.7 Å². The lowest BCUT2D eigenvalue weighted by atomic mass is 9.88. The van der Waals surface area contributed by atoms with Crippen LogP contribution in [0.25, 0.3) is 0 Å². The van der Waals surface area contributed by atoms with Crippen molar-refractivity contribution in [1.82, 2.24) is 4.90 Å². The van der Waals surface area contributed by atoms with Gasteiger partial charge in [0.15, 0.2) is 6.29 Å². The number of nitrogens with zero attached hydrogens (tertiary/aromatic N) is 1. The van der Waals surface area contributed by atoms with Crippen LogP contribution >= 0.6 is 0 Å². The van der Waals surface area contributed by atoms with Crippen molar-refractivity contribution in [3.8, 4) is 0 Å². The largest absolute Gasteiger partial charge is 0.463 e. The van der Waals surface area contributed by atoms with E-state index in [2.05, 4.69) is 13.8 Å². The van der Waals surface area contributed by atoms with E-state index in [0.717, 1.165) is 30.4 Å². The number of hydrogen-bond acceptors (Lipinski definition) is 7. The van der Waals surface area contributed by atoms with E-state index in [1.807, 2.05) is 58.0 Å². The molecule has 0 saturated carbocycles. The zero-order valence-corrected chi connectivity index (χ0v) is 25.4. The van der Waals surface area contributed by atoms with Crippen LogP contribution in [0.4, 0.5) is 4.79 Å². The molecule has 1 aromatic rings. The van der Waals surface area contributed by atoms with Gasteiger partial charge in [0.25, 0.3) is 0 Å². The van der Waals surface area contributed by atoms with Crippen molar-refractivity contribution in [2.75, 3.05) is 13.2 Å². The normalized spacial score (nSPS) is 24.0. The molecule has 0 N–H and O–H groups in total. The van der Waals surface area contributed by atoms with Crippen LogP contribution < -0.4 is 0 Å². The molecule has 224 valence electrons. The molecule has 0 aromatic heterocycles. The van der Waals surface area contributed by atoms with E-state index in [9.17, 15) is 9.59 Å². The van der Waals surface area contributed by atoms with Crippen LogP contribution in [-0.4, -0.2) is 60.4 Å². The van der Waals surface area contributed by atoms with Gasteiger partial charge in [-0.15, -0.1) is 0 Å². The summed E-state index contributed by atoms with van der Waals surface area (Å²) in [5, 5.41) is 0. The van der Waals surface area contributed by atoms with Crippen molar-refractivity contribution in [2.45, 2.75) is 124 Å².